The van der Waals surface area contributed by atoms with Gasteiger partial charge in [-0.15, -0.1) is 11.3 Å². The molecule has 0 fully saturated rings. The molecule has 0 saturated heterocycles. The third-order valence-electron chi connectivity index (χ3n) is 3.68. The van der Waals surface area contributed by atoms with E-state index in [9.17, 15) is 9.59 Å². The van der Waals surface area contributed by atoms with Gasteiger partial charge in [-0.2, -0.15) is 0 Å². The molecule has 0 spiro atoms. The molecule has 6 heteroatoms. The van der Waals surface area contributed by atoms with Gasteiger partial charge in [0.2, 0.25) is 5.91 Å². The standard InChI is InChI=1S/C16H17N3O2S/c1-3-10(2)18-13(20)8-19-9-17-14-11-6-4-5-7-12(11)22-15(14)16(19)21/h4-7,9-10H,3,8H2,1-2H3,(H,18,20). The van der Waals surface area contributed by atoms with Gasteiger partial charge in [-0.25, -0.2) is 4.98 Å². The molecular formula is C16H17N3O2S. The summed E-state index contributed by atoms with van der Waals surface area (Å²) in [5.41, 5.74) is 0.551. The zero-order valence-electron chi connectivity index (χ0n) is 12.5. The van der Waals surface area contributed by atoms with Crippen LogP contribution in [-0.4, -0.2) is 21.5 Å². The number of fused-ring (bicyclic) bond motifs is 3. The summed E-state index contributed by atoms with van der Waals surface area (Å²) < 4.78 is 3.00. The van der Waals surface area contributed by atoms with Crippen LogP contribution >= 0.6 is 11.3 Å². The fourth-order valence-electron chi connectivity index (χ4n) is 2.31. The summed E-state index contributed by atoms with van der Waals surface area (Å²) in [5.74, 6) is -0.168. The summed E-state index contributed by atoms with van der Waals surface area (Å²) in [6.45, 7) is 3.94. The second-order valence-electron chi connectivity index (χ2n) is 5.33. The second kappa shape index (κ2) is 5.88. The third-order valence-corrected chi connectivity index (χ3v) is 4.83. The van der Waals surface area contributed by atoms with Crippen molar-refractivity contribution in [3.05, 3.63) is 40.9 Å². The SMILES string of the molecule is CCC(C)NC(=O)Cn1cnc2c(sc3ccccc32)c1=O. The molecule has 1 atom stereocenters. The molecule has 1 unspecified atom stereocenters. The zero-order chi connectivity index (χ0) is 15.7. The first-order valence-corrected chi connectivity index (χ1v) is 8.08. The van der Waals surface area contributed by atoms with Crippen molar-refractivity contribution in [2.24, 2.45) is 0 Å². The lowest BCUT2D eigenvalue weighted by molar-refractivity contribution is -0.122. The summed E-state index contributed by atoms with van der Waals surface area (Å²) in [4.78, 5) is 28.9. The molecular weight excluding hydrogens is 298 g/mol. The van der Waals surface area contributed by atoms with Crippen molar-refractivity contribution in [1.29, 1.82) is 0 Å². The maximum atomic E-state index is 12.5. The van der Waals surface area contributed by atoms with Crippen molar-refractivity contribution < 1.29 is 4.79 Å². The minimum Gasteiger partial charge on any atom is -0.352 e. The molecule has 0 bridgehead atoms. The Morgan fingerprint density at radius 1 is 1.41 bits per heavy atom. The molecule has 3 aromatic rings. The first kappa shape index (κ1) is 14.7. The van der Waals surface area contributed by atoms with Gasteiger partial charge in [0, 0.05) is 16.1 Å². The van der Waals surface area contributed by atoms with Crippen LogP contribution in [0, 0.1) is 0 Å². The molecule has 0 aliphatic carbocycles. The van der Waals surface area contributed by atoms with Crippen LogP contribution in [0.3, 0.4) is 0 Å². The van der Waals surface area contributed by atoms with Crippen molar-refractivity contribution in [2.45, 2.75) is 32.9 Å². The van der Waals surface area contributed by atoms with E-state index in [0.29, 0.717) is 10.2 Å². The van der Waals surface area contributed by atoms with E-state index in [1.807, 2.05) is 38.1 Å². The van der Waals surface area contributed by atoms with Crippen molar-refractivity contribution in [3.8, 4) is 0 Å². The van der Waals surface area contributed by atoms with Crippen LogP contribution < -0.4 is 10.9 Å². The number of carbonyl (C=O) groups is 1. The molecule has 1 aromatic carbocycles. The summed E-state index contributed by atoms with van der Waals surface area (Å²) in [6, 6.07) is 7.91. The summed E-state index contributed by atoms with van der Waals surface area (Å²) in [6.07, 6.45) is 2.31. The number of amides is 1. The molecule has 3 rings (SSSR count). The lowest BCUT2D eigenvalue weighted by atomic mass is 10.2. The highest BCUT2D eigenvalue weighted by atomic mass is 32.1. The van der Waals surface area contributed by atoms with Gasteiger partial charge in [0.1, 0.15) is 11.2 Å². The van der Waals surface area contributed by atoms with Crippen LogP contribution in [0.2, 0.25) is 0 Å². The second-order valence-corrected chi connectivity index (χ2v) is 6.38. The van der Waals surface area contributed by atoms with Gasteiger partial charge in [0.15, 0.2) is 0 Å². The number of nitrogens with one attached hydrogen (secondary N) is 1. The Kier molecular flexibility index (Phi) is 3.94. The highest BCUT2D eigenvalue weighted by molar-refractivity contribution is 7.25. The third kappa shape index (κ3) is 2.62. The Hall–Kier alpha value is -2.21. The van der Waals surface area contributed by atoms with E-state index in [4.69, 9.17) is 0 Å². The van der Waals surface area contributed by atoms with Crippen LogP contribution in [0.4, 0.5) is 0 Å². The van der Waals surface area contributed by atoms with E-state index in [-0.39, 0.29) is 24.1 Å². The fraction of sp³-hybridized carbons (Fsp3) is 0.312. The predicted octanol–water partition coefficient (Wildman–Crippen LogP) is 2.53. The molecule has 0 saturated carbocycles. The van der Waals surface area contributed by atoms with Crippen molar-refractivity contribution in [1.82, 2.24) is 14.9 Å². The molecule has 0 aliphatic rings. The maximum Gasteiger partial charge on any atom is 0.271 e. The fourth-order valence-corrected chi connectivity index (χ4v) is 3.41. The van der Waals surface area contributed by atoms with Gasteiger partial charge in [0.25, 0.3) is 5.56 Å². The van der Waals surface area contributed by atoms with Gasteiger partial charge in [-0.05, 0) is 19.4 Å². The number of benzene rings is 1. The van der Waals surface area contributed by atoms with E-state index in [2.05, 4.69) is 10.3 Å². The first-order chi connectivity index (χ1) is 10.6. The quantitative estimate of drug-likeness (QED) is 0.804. The molecule has 2 aromatic heterocycles. The Morgan fingerprint density at radius 3 is 2.95 bits per heavy atom. The number of hydrogen-bond acceptors (Lipinski definition) is 4. The van der Waals surface area contributed by atoms with Crippen molar-refractivity contribution >= 4 is 37.5 Å². The Labute approximate surface area is 131 Å². The number of hydrogen-bond donors (Lipinski definition) is 1. The zero-order valence-corrected chi connectivity index (χ0v) is 13.3. The molecule has 0 aliphatic heterocycles. The number of carbonyl (C=O) groups excluding carboxylic acids is 1. The normalized spacial score (nSPS) is 12.6. The number of nitrogens with zero attached hydrogens (tertiary/aromatic N) is 2. The monoisotopic (exact) mass is 315 g/mol. The van der Waals surface area contributed by atoms with Crippen LogP contribution in [-0.2, 0) is 11.3 Å². The minimum atomic E-state index is -0.168. The van der Waals surface area contributed by atoms with Crippen LogP contribution in [0.25, 0.3) is 20.3 Å². The van der Waals surface area contributed by atoms with E-state index in [1.54, 1.807) is 0 Å². The Bertz CT molecular complexity index is 897. The smallest absolute Gasteiger partial charge is 0.271 e. The molecule has 2 heterocycles. The van der Waals surface area contributed by atoms with E-state index in [1.165, 1.54) is 22.2 Å². The highest BCUT2D eigenvalue weighted by Crippen LogP contribution is 2.29. The largest absolute Gasteiger partial charge is 0.352 e. The predicted molar refractivity (Wildman–Crippen MR) is 89.3 cm³/mol. The van der Waals surface area contributed by atoms with Crippen LogP contribution in [0.1, 0.15) is 20.3 Å². The summed E-state index contributed by atoms with van der Waals surface area (Å²) in [5, 5.41) is 3.84. The van der Waals surface area contributed by atoms with Crippen molar-refractivity contribution in [2.75, 3.05) is 0 Å². The lowest BCUT2D eigenvalue weighted by Crippen LogP contribution is -2.37. The average molecular weight is 315 g/mol. The van der Waals surface area contributed by atoms with Gasteiger partial charge < -0.3 is 5.32 Å². The molecule has 5 nitrogen and oxygen atoms in total. The Morgan fingerprint density at radius 2 is 2.18 bits per heavy atom. The van der Waals surface area contributed by atoms with Crippen LogP contribution in [0.5, 0.6) is 0 Å². The first-order valence-electron chi connectivity index (χ1n) is 7.26. The van der Waals surface area contributed by atoms with Gasteiger partial charge in [-0.3, -0.25) is 14.2 Å². The maximum absolute atomic E-state index is 12.5. The number of rotatable bonds is 4. The van der Waals surface area contributed by atoms with E-state index in [0.717, 1.165) is 16.5 Å². The van der Waals surface area contributed by atoms with Crippen molar-refractivity contribution in [3.63, 3.8) is 0 Å². The van der Waals surface area contributed by atoms with E-state index >= 15 is 0 Å². The topological polar surface area (TPSA) is 64.0 Å². The molecule has 1 amide bonds. The minimum absolute atomic E-state index is 0.000356. The summed E-state index contributed by atoms with van der Waals surface area (Å²) >= 11 is 1.42. The lowest BCUT2D eigenvalue weighted by Gasteiger charge is -2.11. The molecule has 114 valence electrons. The van der Waals surface area contributed by atoms with Gasteiger partial charge in [-0.1, -0.05) is 25.1 Å². The summed E-state index contributed by atoms with van der Waals surface area (Å²) in [7, 11) is 0. The number of aromatic nitrogens is 2. The molecule has 0 radical (unpaired) electrons. The average Bonchev–Trinajstić information content (AvgIpc) is 2.89. The van der Waals surface area contributed by atoms with Gasteiger partial charge >= 0.3 is 0 Å². The highest BCUT2D eigenvalue weighted by Gasteiger charge is 2.13. The molecule has 1 N–H and O–H groups in total. The van der Waals surface area contributed by atoms with Gasteiger partial charge in [0.05, 0.1) is 11.8 Å². The Balaban J connectivity index is 1.98. The van der Waals surface area contributed by atoms with E-state index < -0.39 is 0 Å². The molecule has 22 heavy (non-hydrogen) atoms. The number of thiophene rings is 1. The van der Waals surface area contributed by atoms with Crippen LogP contribution in [0.15, 0.2) is 35.4 Å².